The third kappa shape index (κ3) is 2.86. The molecule has 5 nitrogen and oxygen atoms in total. The lowest BCUT2D eigenvalue weighted by Gasteiger charge is -2.49. The second-order valence-electron chi connectivity index (χ2n) is 7.49. The second kappa shape index (κ2) is 6.30. The molecule has 1 unspecified atom stereocenters. The number of piperazine rings is 1. The lowest BCUT2D eigenvalue weighted by Crippen LogP contribution is -2.61. The van der Waals surface area contributed by atoms with Crippen molar-refractivity contribution in [2.24, 2.45) is 0 Å². The van der Waals surface area contributed by atoms with Gasteiger partial charge in [0.05, 0.1) is 0 Å². The molecule has 25 heavy (non-hydrogen) atoms. The number of benzene rings is 1. The highest BCUT2D eigenvalue weighted by atomic mass is 16.2. The molecule has 2 fully saturated rings. The van der Waals surface area contributed by atoms with Crippen LogP contribution in [0.2, 0.25) is 0 Å². The average molecular weight is 338 g/mol. The van der Waals surface area contributed by atoms with Crippen LogP contribution in [0.3, 0.4) is 0 Å². The van der Waals surface area contributed by atoms with Gasteiger partial charge in [0.25, 0.3) is 0 Å². The molecule has 1 aromatic carbocycles. The van der Waals surface area contributed by atoms with Crippen LogP contribution < -0.4 is 4.90 Å². The number of aromatic nitrogens is 1. The third-order valence-electron chi connectivity index (χ3n) is 6.09. The number of anilines is 1. The lowest BCUT2D eigenvalue weighted by molar-refractivity contribution is -0.129. The predicted molar refractivity (Wildman–Crippen MR) is 101 cm³/mol. The molecule has 5 heteroatoms. The van der Waals surface area contributed by atoms with Crippen molar-refractivity contribution in [2.75, 3.05) is 45.2 Å². The molecule has 2 aliphatic heterocycles. The first-order valence-electron chi connectivity index (χ1n) is 9.13. The zero-order valence-electron chi connectivity index (χ0n) is 15.1. The Morgan fingerprint density at radius 3 is 2.76 bits per heavy atom. The minimum absolute atomic E-state index is 0.0529. The Kier molecular flexibility index (Phi) is 4.12. The van der Waals surface area contributed by atoms with Crippen LogP contribution in [0.25, 0.3) is 10.8 Å². The maximum Gasteiger partial charge on any atom is 0.222 e. The molecule has 1 spiro atoms. The van der Waals surface area contributed by atoms with Crippen molar-refractivity contribution in [1.82, 2.24) is 14.8 Å². The zero-order valence-corrected chi connectivity index (χ0v) is 15.1. The summed E-state index contributed by atoms with van der Waals surface area (Å²) in [7, 11) is 4.14. The highest BCUT2D eigenvalue weighted by Gasteiger charge is 2.42. The minimum atomic E-state index is 0.0529. The van der Waals surface area contributed by atoms with Gasteiger partial charge in [-0.05, 0) is 31.3 Å². The third-order valence-corrected chi connectivity index (χ3v) is 6.09. The first kappa shape index (κ1) is 16.3. The van der Waals surface area contributed by atoms with Gasteiger partial charge < -0.3 is 9.80 Å². The Hall–Kier alpha value is -2.14. The first-order valence-corrected chi connectivity index (χ1v) is 9.13. The summed E-state index contributed by atoms with van der Waals surface area (Å²) in [4.78, 5) is 23.7. The van der Waals surface area contributed by atoms with E-state index in [-0.39, 0.29) is 11.4 Å². The molecule has 3 heterocycles. The molecule has 1 atom stereocenters. The average Bonchev–Trinajstić information content (AvgIpc) is 2.78. The van der Waals surface area contributed by atoms with Crippen LogP contribution in [0.4, 0.5) is 5.82 Å². The van der Waals surface area contributed by atoms with Crippen LogP contribution in [0.15, 0.2) is 36.5 Å². The van der Waals surface area contributed by atoms with E-state index < -0.39 is 0 Å². The van der Waals surface area contributed by atoms with Crippen molar-refractivity contribution in [2.45, 2.75) is 24.8 Å². The largest absolute Gasteiger partial charge is 0.353 e. The van der Waals surface area contributed by atoms with Crippen LogP contribution in [-0.4, -0.2) is 66.5 Å². The number of nitrogens with zero attached hydrogens (tertiary/aromatic N) is 4. The van der Waals surface area contributed by atoms with Gasteiger partial charge in [-0.1, -0.05) is 24.3 Å². The van der Waals surface area contributed by atoms with Gasteiger partial charge in [0.15, 0.2) is 0 Å². The van der Waals surface area contributed by atoms with E-state index >= 15 is 0 Å². The van der Waals surface area contributed by atoms with Crippen LogP contribution in [-0.2, 0) is 4.79 Å². The monoisotopic (exact) mass is 338 g/mol. The van der Waals surface area contributed by atoms with Crippen molar-refractivity contribution in [3.8, 4) is 0 Å². The van der Waals surface area contributed by atoms with Crippen molar-refractivity contribution in [3.63, 3.8) is 0 Å². The highest BCUT2D eigenvalue weighted by molar-refractivity contribution is 5.92. The van der Waals surface area contributed by atoms with Crippen LogP contribution in [0, 0.1) is 0 Å². The fraction of sp³-hybridized carbons (Fsp3) is 0.500. The second-order valence-corrected chi connectivity index (χ2v) is 7.49. The summed E-state index contributed by atoms with van der Waals surface area (Å²) in [6.45, 7) is 3.75. The van der Waals surface area contributed by atoms with E-state index in [0.29, 0.717) is 6.42 Å². The molecule has 0 N–H and O–H groups in total. The molecular formula is C20H26N4O. The van der Waals surface area contributed by atoms with Gasteiger partial charge in [-0.15, -0.1) is 0 Å². The molecule has 4 rings (SSSR count). The molecule has 2 aliphatic rings. The van der Waals surface area contributed by atoms with E-state index in [2.05, 4.69) is 47.2 Å². The maximum absolute atomic E-state index is 12.2. The Morgan fingerprint density at radius 1 is 1.04 bits per heavy atom. The van der Waals surface area contributed by atoms with E-state index in [0.717, 1.165) is 44.8 Å². The summed E-state index contributed by atoms with van der Waals surface area (Å²) in [5, 5.41) is 2.45. The Labute approximate surface area is 149 Å². The molecule has 0 aliphatic carbocycles. The summed E-state index contributed by atoms with van der Waals surface area (Å²) in [5.74, 6) is 1.35. The van der Waals surface area contributed by atoms with Gasteiger partial charge in [0.2, 0.25) is 5.91 Å². The SMILES string of the molecule is CN1CCC2(CCC1=O)CN(c1nccc3ccccc13)CCN2C. The number of fused-ring (bicyclic) bond motifs is 1. The fourth-order valence-electron chi connectivity index (χ4n) is 4.30. The van der Waals surface area contributed by atoms with E-state index in [4.69, 9.17) is 4.98 Å². The fourth-order valence-corrected chi connectivity index (χ4v) is 4.30. The number of rotatable bonds is 1. The molecular weight excluding hydrogens is 312 g/mol. The number of likely N-dealkylation sites (tertiary alicyclic amines) is 1. The molecule has 0 saturated carbocycles. The van der Waals surface area contributed by atoms with E-state index in [1.807, 2.05) is 18.1 Å². The van der Waals surface area contributed by atoms with Crippen molar-refractivity contribution < 1.29 is 4.79 Å². The summed E-state index contributed by atoms with van der Waals surface area (Å²) < 4.78 is 0. The quantitative estimate of drug-likeness (QED) is 0.800. The van der Waals surface area contributed by atoms with Crippen LogP contribution in [0.1, 0.15) is 19.3 Å². The van der Waals surface area contributed by atoms with Gasteiger partial charge in [-0.3, -0.25) is 9.69 Å². The van der Waals surface area contributed by atoms with E-state index in [9.17, 15) is 4.79 Å². The molecule has 1 amide bonds. The molecule has 0 radical (unpaired) electrons. The first-order chi connectivity index (χ1) is 12.1. The van der Waals surface area contributed by atoms with E-state index in [1.165, 1.54) is 10.8 Å². The van der Waals surface area contributed by atoms with Gasteiger partial charge in [-0.25, -0.2) is 4.98 Å². The lowest BCUT2D eigenvalue weighted by atomic mass is 9.86. The Morgan fingerprint density at radius 2 is 1.88 bits per heavy atom. The zero-order chi connectivity index (χ0) is 17.4. The van der Waals surface area contributed by atoms with Gasteiger partial charge >= 0.3 is 0 Å². The van der Waals surface area contributed by atoms with Gasteiger partial charge in [0.1, 0.15) is 5.82 Å². The number of pyridine rings is 1. The molecule has 2 saturated heterocycles. The Balaban J connectivity index is 1.67. The number of carbonyl (C=O) groups is 1. The van der Waals surface area contributed by atoms with Crippen molar-refractivity contribution in [1.29, 1.82) is 0 Å². The maximum atomic E-state index is 12.2. The number of likely N-dealkylation sites (N-methyl/N-ethyl adjacent to an activating group) is 1. The summed E-state index contributed by atoms with van der Waals surface area (Å²) in [5.41, 5.74) is 0.0529. The van der Waals surface area contributed by atoms with Gasteiger partial charge in [-0.2, -0.15) is 0 Å². The summed E-state index contributed by atoms with van der Waals surface area (Å²) in [6.07, 6.45) is 4.49. The summed E-state index contributed by atoms with van der Waals surface area (Å²) >= 11 is 0. The summed E-state index contributed by atoms with van der Waals surface area (Å²) in [6, 6.07) is 10.5. The Bertz CT molecular complexity index is 787. The molecule has 2 aromatic rings. The highest BCUT2D eigenvalue weighted by Crippen LogP contribution is 2.35. The minimum Gasteiger partial charge on any atom is -0.353 e. The topological polar surface area (TPSA) is 39.7 Å². The number of amides is 1. The molecule has 1 aromatic heterocycles. The van der Waals surface area contributed by atoms with Crippen LogP contribution >= 0.6 is 0 Å². The molecule has 132 valence electrons. The van der Waals surface area contributed by atoms with Gasteiger partial charge in [0, 0.05) is 56.8 Å². The predicted octanol–water partition coefficient (Wildman–Crippen LogP) is 2.37. The van der Waals surface area contributed by atoms with Crippen molar-refractivity contribution in [3.05, 3.63) is 36.5 Å². The normalized spacial score (nSPS) is 25.6. The number of carbonyl (C=O) groups excluding carboxylic acids is 1. The van der Waals surface area contributed by atoms with E-state index in [1.54, 1.807) is 0 Å². The molecule has 0 bridgehead atoms. The smallest absolute Gasteiger partial charge is 0.222 e. The van der Waals surface area contributed by atoms with Crippen molar-refractivity contribution >= 4 is 22.5 Å². The van der Waals surface area contributed by atoms with Crippen LogP contribution in [0.5, 0.6) is 0 Å². The standard InChI is InChI=1S/C20H26N4O/c1-22-12-10-20(9-7-18(22)25)15-24(14-13-23(20)2)19-17-6-4-3-5-16(17)8-11-21-19/h3-6,8,11H,7,9-10,12-15H2,1-2H3. The number of hydrogen-bond acceptors (Lipinski definition) is 4. The number of hydrogen-bond donors (Lipinski definition) is 0.